The van der Waals surface area contributed by atoms with Crippen LogP contribution in [-0.4, -0.2) is 31.8 Å². The summed E-state index contributed by atoms with van der Waals surface area (Å²) in [7, 11) is 0. The molecule has 98 valence electrons. The van der Waals surface area contributed by atoms with Gasteiger partial charge in [0.15, 0.2) is 0 Å². The SMILES string of the molecule is CC1OCCC1Nc1ccc(N2CCCC2)cc1. The van der Waals surface area contributed by atoms with Crippen molar-refractivity contribution in [3.8, 4) is 0 Å². The minimum absolute atomic E-state index is 0.322. The maximum Gasteiger partial charge on any atom is 0.0748 e. The van der Waals surface area contributed by atoms with E-state index in [-0.39, 0.29) is 0 Å². The number of ether oxygens (including phenoxy) is 1. The minimum atomic E-state index is 0.322. The highest BCUT2D eigenvalue weighted by molar-refractivity contribution is 5.56. The van der Waals surface area contributed by atoms with E-state index in [1.165, 1.54) is 37.3 Å². The maximum absolute atomic E-state index is 5.57. The first kappa shape index (κ1) is 11.8. The Hall–Kier alpha value is -1.22. The monoisotopic (exact) mass is 246 g/mol. The van der Waals surface area contributed by atoms with Gasteiger partial charge in [0, 0.05) is 31.1 Å². The van der Waals surface area contributed by atoms with E-state index in [1.807, 2.05) is 0 Å². The third-order valence-electron chi connectivity index (χ3n) is 4.07. The number of hydrogen-bond donors (Lipinski definition) is 1. The lowest BCUT2D eigenvalue weighted by Gasteiger charge is -2.20. The summed E-state index contributed by atoms with van der Waals surface area (Å²) in [4.78, 5) is 2.46. The summed E-state index contributed by atoms with van der Waals surface area (Å²) in [6.45, 7) is 5.44. The summed E-state index contributed by atoms with van der Waals surface area (Å²) >= 11 is 0. The highest BCUT2D eigenvalue weighted by Crippen LogP contribution is 2.24. The van der Waals surface area contributed by atoms with Crippen LogP contribution in [0.25, 0.3) is 0 Å². The van der Waals surface area contributed by atoms with Crippen molar-refractivity contribution in [3.05, 3.63) is 24.3 Å². The van der Waals surface area contributed by atoms with Crippen LogP contribution in [0.4, 0.5) is 11.4 Å². The molecule has 2 unspecified atom stereocenters. The zero-order valence-electron chi connectivity index (χ0n) is 11.1. The van der Waals surface area contributed by atoms with Crippen LogP contribution >= 0.6 is 0 Å². The summed E-state index contributed by atoms with van der Waals surface area (Å²) in [5.74, 6) is 0. The van der Waals surface area contributed by atoms with Gasteiger partial charge in [-0.05, 0) is 50.5 Å². The average Bonchev–Trinajstić information content (AvgIpc) is 3.03. The molecule has 3 nitrogen and oxygen atoms in total. The topological polar surface area (TPSA) is 24.5 Å². The second-order valence-corrected chi connectivity index (χ2v) is 5.36. The van der Waals surface area contributed by atoms with Gasteiger partial charge in [-0.3, -0.25) is 0 Å². The first-order chi connectivity index (χ1) is 8.83. The Bertz CT molecular complexity index is 384. The van der Waals surface area contributed by atoms with Crippen LogP contribution in [-0.2, 0) is 4.74 Å². The lowest BCUT2D eigenvalue weighted by Crippen LogP contribution is -2.26. The molecule has 2 saturated heterocycles. The molecule has 0 saturated carbocycles. The van der Waals surface area contributed by atoms with Crippen LogP contribution in [0.3, 0.4) is 0 Å². The minimum Gasteiger partial charge on any atom is -0.380 e. The number of benzene rings is 1. The molecule has 2 aliphatic heterocycles. The van der Waals surface area contributed by atoms with Crippen molar-refractivity contribution in [1.29, 1.82) is 0 Å². The molecule has 1 aromatic rings. The molecular formula is C15H22N2O. The van der Waals surface area contributed by atoms with E-state index in [4.69, 9.17) is 4.74 Å². The van der Waals surface area contributed by atoms with Crippen molar-refractivity contribution in [2.75, 3.05) is 29.9 Å². The van der Waals surface area contributed by atoms with Gasteiger partial charge in [-0.25, -0.2) is 0 Å². The van der Waals surface area contributed by atoms with Gasteiger partial charge < -0.3 is 15.0 Å². The van der Waals surface area contributed by atoms with Gasteiger partial charge in [0.1, 0.15) is 0 Å². The second-order valence-electron chi connectivity index (χ2n) is 5.36. The van der Waals surface area contributed by atoms with Gasteiger partial charge in [0.25, 0.3) is 0 Å². The predicted octanol–water partition coefficient (Wildman–Crippen LogP) is 2.88. The Kier molecular flexibility index (Phi) is 3.41. The van der Waals surface area contributed by atoms with Crippen LogP contribution in [0.1, 0.15) is 26.2 Å². The molecule has 0 radical (unpaired) electrons. The van der Waals surface area contributed by atoms with E-state index in [0.29, 0.717) is 12.1 Å². The molecular weight excluding hydrogens is 224 g/mol. The Morgan fingerprint density at radius 2 is 1.89 bits per heavy atom. The van der Waals surface area contributed by atoms with Crippen LogP contribution < -0.4 is 10.2 Å². The highest BCUT2D eigenvalue weighted by Gasteiger charge is 2.23. The van der Waals surface area contributed by atoms with Gasteiger partial charge >= 0.3 is 0 Å². The van der Waals surface area contributed by atoms with E-state index in [9.17, 15) is 0 Å². The molecule has 0 amide bonds. The third-order valence-corrected chi connectivity index (χ3v) is 4.07. The molecule has 18 heavy (non-hydrogen) atoms. The fourth-order valence-corrected chi connectivity index (χ4v) is 2.88. The largest absolute Gasteiger partial charge is 0.380 e. The summed E-state index contributed by atoms with van der Waals surface area (Å²) in [5.41, 5.74) is 2.56. The third kappa shape index (κ3) is 2.46. The molecule has 1 N–H and O–H groups in total. The number of hydrogen-bond acceptors (Lipinski definition) is 3. The van der Waals surface area contributed by atoms with Crippen LogP contribution in [0.5, 0.6) is 0 Å². The molecule has 2 aliphatic rings. The highest BCUT2D eigenvalue weighted by atomic mass is 16.5. The van der Waals surface area contributed by atoms with Gasteiger partial charge in [0.2, 0.25) is 0 Å². The standard InChI is InChI=1S/C15H22N2O/c1-12-15(8-11-18-12)16-13-4-6-14(7-5-13)17-9-2-3-10-17/h4-7,12,15-16H,2-3,8-11H2,1H3. The van der Waals surface area contributed by atoms with Crippen molar-refractivity contribution < 1.29 is 4.74 Å². The van der Waals surface area contributed by atoms with Crippen molar-refractivity contribution in [3.63, 3.8) is 0 Å². The maximum atomic E-state index is 5.57. The van der Waals surface area contributed by atoms with Crippen molar-refractivity contribution in [1.82, 2.24) is 0 Å². The summed E-state index contributed by atoms with van der Waals surface area (Å²) < 4.78 is 5.57. The predicted molar refractivity (Wildman–Crippen MR) is 75.3 cm³/mol. The number of rotatable bonds is 3. The zero-order chi connectivity index (χ0) is 12.4. The second kappa shape index (κ2) is 5.19. The van der Waals surface area contributed by atoms with Gasteiger partial charge in [-0.1, -0.05) is 0 Å². The first-order valence-electron chi connectivity index (χ1n) is 7.06. The molecule has 1 aromatic carbocycles. The van der Waals surface area contributed by atoms with Crippen molar-refractivity contribution in [2.24, 2.45) is 0 Å². The van der Waals surface area contributed by atoms with Crippen LogP contribution in [0.2, 0.25) is 0 Å². The fraction of sp³-hybridized carbons (Fsp3) is 0.600. The van der Waals surface area contributed by atoms with Gasteiger partial charge in [0.05, 0.1) is 12.1 Å². The molecule has 0 bridgehead atoms. The molecule has 3 heteroatoms. The Morgan fingerprint density at radius 1 is 1.17 bits per heavy atom. The number of nitrogens with zero attached hydrogens (tertiary/aromatic N) is 1. The molecule has 3 rings (SSSR count). The van der Waals surface area contributed by atoms with E-state index in [0.717, 1.165) is 13.0 Å². The van der Waals surface area contributed by atoms with Crippen molar-refractivity contribution >= 4 is 11.4 Å². The molecule has 0 aromatic heterocycles. The summed E-state index contributed by atoms with van der Waals surface area (Å²) in [6.07, 6.45) is 4.09. The number of anilines is 2. The van der Waals surface area contributed by atoms with Crippen LogP contribution in [0, 0.1) is 0 Å². The van der Waals surface area contributed by atoms with E-state index >= 15 is 0 Å². The van der Waals surface area contributed by atoms with Gasteiger partial charge in [-0.15, -0.1) is 0 Å². The number of nitrogens with one attached hydrogen (secondary N) is 1. The molecule has 2 fully saturated rings. The van der Waals surface area contributed by atoms with E-state index < -0.39 is 0 Å². The normalized spacial score (nSPS) is 27.7. The van der Waals surface area contributed by atoms with Crippen molar-refractivity contribution in [2.45, 2.75) is 38.3 Å². The molecule has 0 aliphatic carbocycles. The van der Waals surface area contributed by atoms with E-state index in [2.05, 4.69) is 41.4 Å². The lowest BCUT2D eigenvalue weighted by atomic mass is 10.1. The Morgan fingerprint density at radius 3 is 2.50 bits per heavy atom. The molecule has 2 atom stereocenters. The lowest BCUT2D eigenvalue weighted by molar-refractivity contribution is 0.121. The summed E-state index contributed by atoms with van der Waals surface area (Å²) in [5, 5.41) is 3.56. The quantitative estimate of drug-likeness (QED) is 0.887. The average molecular weight is 246 g/mol. The Balaban J connectivity index is 1.63. The summed E-state index contributed by atoms with van der Waals surface area (Å²) in [6, 6.07) is 9.31. The molecule has 0 spiro atoms. The van der Waals surface area contributed by atoms with Crippen LogP contribution in [0.15, 0.2) is 24.3 Å². The molecule has 2 heterocycles. The Labute approximate surface area is 109 Å². The zero-order valence-corrected chi connectivity index (χ0v) is 11.1. The first-order valence-corrected chi connectivity index (χ1v) is 7.06. The van der Waals surface area contributed by atoms with E-state index in [1.54, 1.807) is 0 Å². The fourth-order valence-electron chi connectivity index (χ4n) is 2.88. The van der Waals surface area contributed by atoms with Gasteiger partial charge in [-0.2, -0.15) is 0 Å². The smallest absolute Gasteiger partial charge is 0.0748 e.